The first-order valence-corrected chi connectivity index (χ1v) is 10.1. The van der Waals surface area contributed by atoms with E-state index in [-0.39, 0.29) is 23.5 Å². The molecule has 1 saturated heterocycles. The largest absolute Gasteiger partial charge is 0.435 e. The van der Waals surface area contributed by atoms with Gasteiger partial charge in [-0.2, -0.15) is 8.78 Å². The molecule has 3 atom stereocenters. The van der Waals surface area contributed by atoms with E-state index in [2.05, 4.69) is 23.6 Å². The first-order chi connectivity index (χ1) is 13.7. The number of likely N-dealkylation sites (tertiary alicyclic amines) is 1. The monoisotopic (exact) mass is 408 g/mol. The number of nitrogens with zero attached hydrogens (tertiary/aromatic N) is 3. The van der Waals surface area contributed by atoms with Gasteiger partial charge in [0.2, 0.25) is 0 Å². The van der Waals surface area contributed by atoms with Crippen LogP contribution in [0.25, 0.3) is 0 Å². The lowest BCUT2D eigenvalue weighted by Crippen LogP contribution is -2.50. The topological polar surface area (TPSA) is 71.2 Å². The molecule has 0 radical (unpaired) electrons. The summed E-state index contributed by atoms with van der Waals surface area (Å²) in [5.74, 6) is 0.0997. The Morgan fingerprint density at radius 3 is 2.66 bits per heavy atom. The summed E-state index contributed by atoms with van der Waals surface area (Å²) in [7, 11) is 3.74. The summed E-state index contributed by atoms with van der Waals surface area (Å²) in [6, 6.07) is 5.27. The summed E-state index contributed by atoms with van der Waals surface area (Å²) < 4.78 is 29.9. The zero-order valence-electron chi connectivity index (χ0n) is 17.5. The molecule has 0 saturated carbocycles. The summed E-state index contributed by atoms with van der Waals surface area (Å²) in [6.45, 7) is 1.82. The maximum absolute atomic E-state index is 13.4. The predicted molar refractivity (Wildman–Crippen MR) is 108 cm³/mol. The minimum absolute atomic E-state index is 0.0208. The molecule has 2 heterocycles. The van der Waals surface area contributed by atoms with E-state index in [1.54, 1.807) is 26.1 Å². The van der Waals surface area contributed by atoms with Crippen LogP contribution >= 0.6 is 0 Å². The summed E-state index contributed by atoms with van der Waals surface area (Å²) in [5.41, 5.74) is 6.16. The van der Waals surface area contributed by atoms with Crippen molar-refractivity contribution in [1.82, 2.24) is 9.80 Å². The summed E-state index contributed by atoms with van der Waals surface area (Å²) >= 11 is 0. The molecule has 0 aliphatic carbocycles. The van der Waals surface area contributed by atoms with Crippen molar-refractivity contribution in [3.8, 4) is 5.75 Å². The van der Waals surface area contributed by atoms with Gasteiger partial charge >= 0.3 is 6.61 Å². The fraction of sp³-hybridized carbons (Fsp3) is 0.619. The van der Waals surface area contributed by atoms with E-state index in [4.69, 9.17) is 10.7 Å². The Hall–Kier alpha value is -2.22. The first kappa shape index (κ1) is 21.5. The third kappa shape index (κ3) is 3.82. The Bertz CT molecular complexity index is 801. The summed E-state index contributed by atoms with van der Waals surface area (Å²) in [5, 5.41) is 0. The zero-order chi connectivity index (χ0) is 21.3. The fourth-order valence-corrected chi connectivity index (χ4v) is 4.69. The van der Waals surface area contributed by atoms with E-state index in [0.29, 0.717) is 17.2 Å². The van der Waals surface area contributed by atoms with Gasteiger partial charge in [0, 0.05) is 19.0 Å². The number of amides is 1. The van der Waals surface area contributed by atoms with Gasteiger partial charge in [-0.15, -0.1) is 0 Å². The van der Waals surface area contributed by atoms with Crippen molar-refractivity contribution in [2.24, 2.45) is 16.6 Å². The molecule has 0 bridgehead atoms. The molecular formula is C21H30F2N4O2. The fourth-order valence-electron chi connectivity index (χ4n) is 4.69. The third-order valence-corrected chi connectivity index (χ3v) is 6.32. The van der Waals surface area contributed by atoms with Crippen molar-refractivity contribution in [2.75, 3.05) is 20.6 Å². The number of hydrogen-bond donors (Lipinski definition) is 1. The van der Waals surface area contributed by atoms with Gasteiger partial charge in [0.05, 0.1) is 0 Å². The number of carbonyl (C=O) groups is 1. The number of benzene rings is 1. The molecule has 2 N–H and O–H groups in total. The molecule has 3 rings (SSSR count). The maximum atomic E-state index is 13.4. The van der Waals surface area contributed by atoms with E-state index >= 15 is 0 Å². The van der Waals surface area contributed by atoms with Gasteiger partial charge in [-0.3, -0.25) is 9.69 Å². The average Bonchev–Trinajstić information content (AvgIpc) is 2.90. The van der Waals surface area contributed by atoms with Crippen LogP contribution in [0.3, 0.4) is 0 Å². The summed E-state index contributed by atoms with van der Waals surface area (Å²) in [6.07, 6.45) is 3.75. The van der Waals surface area contributed by atoms with Gasteiger partial charge in [0.25, 0.3) is 5.91 Å². The Morgan fingerprint density at radius 1 is 1.38 bits per heavy atom. The van der Waals surface area contributed by atoms with Crippen molar-refractivity contribution in [3.63, 3.8) is 0 Å². The number of piperidine rings is 1. The quantitative estimate of drug-likeness (QED) is 0.785. The molecule has 29 heavy (non-hydrogen) atoms. The van der Waals surface area contributed by atoms with Gasteiger partial charge in [0.1, 0.15) is 5.75 Å². The highest BCUT2D eigenvalue weighted by Crippen LogP contribution is 2.46. The molecule has 1 amide bonds. The average molecular weight is 408 g/mol. The number of alkyl halides is 2. The Morgan fingerprint density at radius 2 is 2.10 bits per heavy atom. The van der Waals surface area contributed by atoms with Crippen LogP contribution in [-0.2, 0) is 10.3 Å². The molecule has 3 unspecified atom stereocenters. The number of ether oxygens (including phenoxy) is 1. The van der Waals surface area contributed by atoms with Crippen molar-refractivity contribution < 1.29 is 18.3 Å². The highest BCUT2D eigenvalue weighted by atomic mass is 19.3. The SMILES string of the molecule is CCCC1CC(C2(c3ccc(OC(F)F)c(C)c3)N=C(N)N(C)C2=O)CCN1C. The number of guanidine groups is 1. The number of carbonyl (C=O) groups excluding carboxylic acids is 1. The molecule has 1 aromatic carbocycles. The Balaban J connectivity index is 2.05. The highest BCUT2D eigenvalue weighted by Gasteiger charge is 2.54. The zero-order valence-corrected chi connectivity index (χ0v) is 17.5. The van der Waals surface area contributed by atoms with Gasteiger partial charge in [-0.1, -0.05) is 19.4 Å². The molecule has 8 heteroatoms. The van der Waals surface area contributed by atoms with E-state index in [1.807, 2.05) is 0 Å². The van der Waals surface area contributed by atoms with Crippen LogP contribution < -0.4 is 10.5 Å². The van der Waals surface area contributed by atoms with E-state index in [1.165, 1.54) is 11.0 Å². The normalized spacial score (nSPS) is 28.2. The van der Waals surface area contributed by atoms with Gasteiger partial charge in [0.15, 0.2) is 11.5 Å². The predicted octanol–water partition coefficient (Wildman–Crippen LogP) is 3.09. The van der Waals surface area contributed by atoms with Crippen molar-refractivity contribution in [3.05, 3.63) is 29.3 Å². The van der Waals surface area contributed by atoms with Crippen LogP contribution in [0.4, 0.5) is 8.78 Å². The van der Waals surface area contributed by atoms with Crippen LogP contribution in [-0.4, -0.2) is 55.0 Å². The lowest BCUT2D eigenvalue weighted by atomic mass is 9.71. The van der Waals surface area contributed by atoms with Gasteiger partial charge < -0.3 is 15.4 Å². The third-order valence-electron chi connectivity index (χ3n) is 6.32. The molecule has 1 fully saturated rings. The van der Waals surface area contributed by atoms with Crippen LogP contribution in [0.2, 0.25) is 0 Å². The van der Waals surface area contributed by atoms with Crippen LogP contribution in [0.5, 0.6) is 5.75 Å². The van der Waals surface area contributed by atoms with E-state index < -0.39 is 12.2 Å². The number of nitrogens with two attached hydrogens (primary N) is 1. The van der Waals surface area contributed by atoms with Crippen LogP contribution in [0.15, 0.2) is 23.2 Å². The van der Waals surface area contributed by atoms with Crippen LogP contribution in [0.1, 0.15) is 43.7 Å². The van der Waals surface area contributed by atoms with Gasteiger partial charge in [-0.25, -0.2) is 4.99 Å². The van der Waals surface area contributed by atoms with E-state index in [9.17, 15) is 13.6 Å². The Kier molecular flexibility index (Phi) is 6.12. The van der Waals surface area contributed by atoms with Crippen molar-refractivity contribution in [2.45, 2.75) is 57.7 Å². The van der Waals surface area contributed by atoms with Gasteiger partial charge in [-0.05, 0) is 63.0 Å². The molecule has 2 aliphatic rings. The smallest absolute Gasteiger partial charge is 0.387 e. The summed E-state index contributed by atoms with van der Waals surface area (Å²) in [4.78, 5) is 21.9. The minimum atomic E-state index is -2.90. The lowest BCUT2D eigenvalue weighted by Gasteiger charge is -2.43. The number of hydrogen-bond acceptors (Lipinski definition) is 5. The maximum Gasteiger partial charge on any atom is 0.387 e. The van der Waals surface area contributed by atoms with E-state index in [0.717, 1.165) is 32.2 Å². The standard InChI is InChI=1S/C21H30F2N4O2/c1-5-6-16-12-15(9-10-26(16)3)21(18(28)27(4)20(24)25-21)14-7-8-17(13(2)11-14)29-19(22)23/h7-8,11,15-16,19H,5-6,9-10,12H2,1-4H3,(H2,24,25). The molecule has 2 aliphatic heterocycles. The molecule has 160 valence electrons. The number of aryl methyl sites for hydroxylation is 1. The number of aliphatic imine (C=N–C) groups is 1. The lowest BCUT2D eigenvalue weighted by molar-refractivity contribution is -0.133. The van der Waals surface area contributed by atoms with Crippen LogP contribution in [0, 0.1) is 12.8 Å². The second-order valence-electron chi connectivity index (χ2n) is 8.10. The second kappa shape index (κ2) is 8.26. The molecular weight excluding hydrogens is 378 g/mol. The molecule has 0 spiro atoms. The Labute approximate surface area is 170 Å². The number of likely N-dealkylation sites (N-methyl/N-ethyl adjacent to an activating group) is 1. The second-order valence-corrected chi connectivity index (χ2v) is 8.10. The highest BCUT2D eigenvalue weighted by molar-refractivity contribution is 6.07. The van der Waals surface area contributed by atoms with Crippen molar-refractivity contribution >= 4 is 11.9 Å². The number of halogens is 2. The molecule has 1 aromatic rings. The van der Waals surface area contributed by atoms with Crippen molar-refractivity contribution in [1.29, 1.82) is 0 Å². The number of rotatable bonds is 6. The first-order valence-electron chi connectivity index (χ1n) is 10.1. The molecule has 0 aromatic heterocycles. The minimum Gasteiger partial charge on any atom is -0.435 e. The molecule has 6 nitrogen and oxygen atoms in total.